The van der Waals surface area contributed by atoms with Gasteiger partial charge in [-0.2, -0.15) is 0 Å². The van der Waals surface area contributed by atoms with E-state index in [4.69, 9.17) is 0 Å². The topological polar surface area (TPSA) is 27.6 Å². The minimum atomic E-state index is 0.702. The summed E-state index contributed by atoms with van der Waals surface area (Å²) in [5.41, 5.74) is 3.00. The highest BCUT2D eigenvalue weighted by atomic mass is 15.6. The summed E-state index contributed by atoms with van der Waals surface area (Å²) in [4.78, 5) is 3.93. The van der Waals surface area contributed by atoms with Crippen LogP contribution in [-0.2, 0) is 0 Å². The summed E-state index contributed by atoms with van der Waals surface area (Å²) in [5, 5.41) is 1.88. The molecule has 1 rings (SSSR count). The first-order chi connectivity index (χ1) is 3.93. The molecular weight excluding hydrogens is 102 g/mol. The van der Waals surface area contributed by atoms with E-state index in [1.54, 1.807) is 6.34 Å². The predicted molar refractivity (Wildman–Crippen MR) is 33.4 cm³/mol. The van der Waals surface area contributed by atoms with Crippen molar-refractivity contribution in [3.63, 3.8) is 0 Å². The molecule has 0 atom stereocenters. The number of nitrogens with zero attached hydrogens (tertiary/aromatic N) is 2. The molecule has 0 bridgehead atoms. The lowest BCUT2D eigenvalue weighted by Gasteiger charge is -2.09. The highest BCUT2D eigenvalue weighted by Gasteiger charge is 1.98. The van der Waals surface area contributed by atoms with Crippen molar-refractivity contribution < 1.29 is 0 Å². The molecule has 1 aliphatic heterocycles. The average Bonchev–Trinajstić information content (AvgIpc) is 2.19. The lowest BCUT2D eigenvalue weighted by Crippen LogP contribution is -2.31. The van der Waals surface area contributed by atoms with E-state index in [9.17, 15) is 0 Å². The van der Waals surface area contributed by atoms with Crippen LogP contribution in [-0.4, -0.2) is 24.6 Å². The standard InChI is InChI=1S/C5H9N3/c1-2-3-8-5-6-4-7-8/h2,5,7H,1,3-4H2. The van der Waals surface area contributed by atoms with Crippen molar-refractivity contribution in [2.75, 3.05) is 13.2 Å². The van der Waals surface area contributed by atoms with Gasteiger partial charge in [0, 0.05) is 0 Å². The van der Waals surface area contributed by atoms with Crippen LogP contribution >= 0.6 is 0 Å². The van der Waals surface area contributed by atoms with Crippen LogP contribution in [0.1, 0.15) is 0 Å². The summed E-state index contributed by atoms with van der Waals surface area (Å²) >= 11 is 0. The molecule has 0 aromatic rings. The molecule has 0 amide bonds. The fourth-order valence-corrected chi connectivity index (χ4v) is 0.563. The smallest absolute Gasteiger partial charge is 0.107 e. The van der Waals surface area contributed by atoms with Crippen molar-refractivity contribution in [2.24, 2.45) is 4.99 Å². The zero-order chi connectivity index (χ0) is 5.82. The van der Waals surface area contributed by atoms with Crippen LogP contribution in [0.3, 0.4) is 0 Å². The van der Waals surface area contributed by atoms with Crippen molar-refractivity contribution in [1.82, 2.24) is 10.4 Å². The minimum absolute atomic E-state index is 0.702. The van der Waals surface area contributed by atoms with Crippen LogP contribution < -0.4 is 5.43 Å². The molecule has 0 saturated heterocycles. The minimum Gasteiger partial charge on any atom is -0.293 e. The molecule has 0 saturated carbocycles. The van der Waals surface area contributed by atoms with Crippen molar-refractivity contribution in [3.05, 3.63) is 12.7 Å². The molecule has 0 aromatic heterocycles. The summed E-state index contributed by atoms with van der Waals surface area (Å²) < 4.78 is 0. The molecule has 1 N–H and O–H groups in total. The van der Waals surface area contributed by atoms with E-state index >= 15 is 0 Å². The Hall–Kier alpha value is -0.830. The third-order valence-electron chi connectivity index (χ3n) is 0.912. The zero-order valence-electron chi connectivity index (χ0n) is 4.67. The van der Waals surface area contributed by atoms with Crippen molar-refractivity contribution in [2.45, 2.75) is 0 Å². The zero-order valence-corrected chi connectivity index (χ0v) is 4.67. The molecule has 1 aliphatic rings. The first-order valence-electron chi connectivity index (χ1n) is 2.54. The molecule has 0 unspecified atom stereocenters. The fourth-order valence-electron chi connectivity index (χ4n) is 0.563. The lowest BCUT2D eigenvalue weighted by molar-refractivity contribution is 0.384. The van der Waals surface area contributed by atoms with Gasteiger partial charge in [0.05, 0.1) is 6.54 Å². The van der Waals surface area contributed by atoms with E-state index in [1.807, 2.05) is 11.1 Å². The van der Waals surface area contributed by atoms with Crippen LogP contribution in [0.25, 0.3) is 0 Å². The molecule has 3 nitrogen and oxygen atoms in total. The van der Waals surface area contributed by atoms with Crippen LogP contribution in [0.5, 0.6) is 0 Å². The van der Waals surface area contributed by atoms with Gasteiger partial charge in [-0.25, -0.2) is 5.43 Å². The second-order valence-electron chi connectivity index (χ2n) is 1.56. The first-order valence-corrected chi connectivity index (χ1v) is 2.54. The molecule has 0 spiro atoms. The van der Waals surface area contributed by atoms with Crippen LogP contribution in [0.4, 0.5) is 0 Å². The van der Waals surface area contributed by atoms with E-state index in [1.165, 1.54) is 0 Å². The maximum absolute atomic E-state index is 3.93. The molecule has 3 heteroatoms. The third kappa shape index (κ3) is 1.07. The molecule has 0 fully saturated rings. The molecule has 0 radical (unpaired) electrons. The SMILES string of the molecule is C=CCN1C=NCN1. The summed E-state index contributed by atoms with van der Waals surface area (Å²) in [5.74, 6) is 0. The van der Waals surface area contributed by atoms with E-state index < -0.39 is 0 Å². The number of rotatable bonds is 2. The predicted octanol–water partition coefficient (Wildman–Crippen LogP) is -0.0216. The summed E-state index contributed by atoms with van der Waals surface area (Å²) in [6.07, 6.45) is 3.59. The second kappa shape index (κ2) is 2.47. The highest BCUT2D eigenvalue weighted by Crippen LogP contribution is 1.83. The molecule has 0 aromatic carbocycles. The maximum Gasteiger partial charge on any atom is 0.107 e. The van der Waals surface area contributed by atoms with Gasteiger partial charge in [-0.05, 0) is 0 Å². The summed E-state index contributed by atoms with van der Waals surface area (Å²) in [6.45, 7) is 5.11. The van der Waals surface area contributed by atoms with Crippen molar-refractivity contribution in [1.29, 1.82) is 0 Å². The second-order valence-corrected chi connectivity index (χ2v) is 1.56. The van der Waals surface area contributed by atoms with Gasteiger partial charge in [-0.3, -0.25) is 10.0 Å². The Morgan fingerprint density at radius 3 is 3.38 bits per heavy atom. The Labute approximate surface area is 48.7 Å². The van der Waals surface area contributed by atoms with Crippen LogP contribution in [0.2, 0.25) is 0 Å². The number of hydrazine groups is 1. The number of nitrogens with one attached hydrogen (secondary N) is 1. The Kier molecular flexibility index (Phi) is 1.64. The lowest BCUT2D eigenvalue weighted by atomic mass is 10.6. The largest absolute Gasteiger partial charge is 0.293 e. The van der Waals surface area contributed by atoms with E-state index in [0.29, 0.717) is 6.67 Å². The van der Waals surface area contributed by atoms with E-state index in [0.717, 1.165) is 6.54 Å². The van der Waals surface area contributed by atoms with Gasteiger partial charge >= 0.3 is 0 Å². The Bertz CT molecular complexity index is 108. The van der Waals surface area contributed by atoms with Gasteiger partial charge in [-0.1, -0.05) is 6.08 Å². The van der Waals surface area contributed by atoms with E-state index in [2.05, 4.69) is 17.0 Å². The average molecular weight is 111 g/mol. The quantitative estimate of drug-likeness (QED) is 0.507. The van der Waals surface area contributed by atoms with E-state index in [-0.39, 0.29) is 0 Å². The van der Waals surface area contributed by atoms with Gasteiger partial charge in [0.25, 0.3) is 0 Å². The highest BCUT2D eigenvalue weighted by molar-refractivity contribution is 5.55. The van der Waals surface area contributed by atoms with Gasteiger partial charge in [0.1, 0.15) is 13.0 Å². The van der Waals surface area contributed by atoms with Gasteiger partial charge < -0.3 is 0 Å². The summed E-state index contributed by atoms with van der Waals surface area (Å²) in [7, 11) is 0. The van der Waals surface area contributed by atoms with Gasteiger partial charge in [-0.15, -0.1) is 6.58 Å². The molecule has 8 heavy (non-hydrogen) atoms. The maximum atomic E-state index is 3.93. The molecule has 1 heterocycles. The van der Waals surface area contributed by atoms with Gasteiger partial charge in [0.2, 0.25) is 0 Å². The Morgan fingerprint density at radius 2 is 2.88 bits per heavy atom. The monoisotopic (exact) mass is 111 g/mol. The fraction of sp³-hybridized carbons (Fsp3) is 0.400. The third-order valence-corrected chi connectivity index (χ3v) is 0.912. The van der Waals surface area contributed by atoms with Crippen molar-refractivity contribution >= 4 is 6.34 Å². The van der Waals surface area contributed by atoms with Crippen molar-refractivity contribution in [3.8, 4) is 0 Å². The summed E-state index contributed by atoms with van der Waals surface area (Å²) in [6, 6.07) is 0. The Morgan fingerprint density at radius 1 is 2.00 bits per heavy atom. The van der Waals surface area contributed by atoms with Crippen LogP contribution in [0.15, 0.2) is 17.6 Å². The number of hydrogen-bond donors (Lipinski definition) is 1. The Balaban J connectivity index is 2.25. The first kappa shape index (κ1) is 5.31. The molecule has 44 valence electrons. The van der Waals surface area contributed by atoms with Crippen LogP contribution in [0, 0.1) is 0 Å². The van der Waals surface area contributed by atoms with Gasteiger partial charge in [0.15, 0.2) is 0 Å². The molecular formula is C5H9N3. The molecule has 0 aliphatic carbocycles. The number of aliphatic imine (C=N–C) groups is 1. The normalized spacial score (nSPS) is 17.2. The number of hydrogen-bond acceptors (Lipinski definition) is 3.